The Morgan fingerprint density at radius 3 is 2.81 bits per heavy atom. The molecule has 0 saturated carbocycles. The van der Waals surface area contributed by atoms with Crippen LogP contribution in [0.3, 0.4) is 0 Å². The Morgan fingerprint density at radius 1 is 1.56 bits per heavy atom. The van der Waals surface area contributed by atoms with E-state index in [1.807, 2.05) is 25.1 Å². The first kappa shape index (κ1) is 13.2. The molecule has 1 aromatic rings. The minimum Gasteiger partial charge on any atom is -0.469 e. The minimum absolute atomic E-state index is 0.0185. The molecule has 3 nitrogen and oxygen atoms in total. The molecular formula is C12H16BrNO2. The first-order chi connectivity index (χ1) is 7.60. The van der Waals surface area contributed by atoms with Crippen molar-refractivity contribution in [1.29, 1.82) is 0 Å². The van der Waals surface area contributed by atoms with Crippen LogP contribution in [0.1, 0.15) is 23.5 Å². The second-order valence-corrected chi connectivity index (χ2v) is 4.52. The standard InChI is InChI=1S/C12H16BrNO2/c1-8-10(4-3-5-11(8)13)9(7-14)6-12(15)16-2/h3-5,9H,6-7,14H2,1-2H3. The third-order valence-corrected chi connectivity index (χ3v) is 3.53. The molecular weight excluding hydrogens is 270 g/mol. The zero-order chi connectivity index (χ0) is 12.1. The number of methoxy groups -OCH3 is 1. The molecule has 0 radical (unpaired) electrons. The monoisotopic (exact) mass is 285 g/mol. The van der Waals surface area contributed by atoms with Crippen LogP contribution in [0.25, 0.3) is 0 Å². The van der Waals surface area contributed by atoms with Gasteiger partial charge in [-0.05, 0) is 30.7 Å². The minimum atomic E-state index is -0.227. The lowest BCUT2D eigenvalue weighted by atomic mass is 9.92. The molecule has 1 unspecified atom stereocenters. The molecule has 0 saturated heterocycles. The Morgan fingerprint density at radius 2 is 2.25 bits per heavy atom. The van der Waals surface area contributed by atoms with Crippen LogP contribution < -0.4 is 5.73 Å². The predicted molar refractivity (Wildman–Crippen MR) is 67.3 cm³/mol. The van der Waals surface area contributed by atoms with Gasteiger partial charge in [-0.1, -0.05) is 28.1 Å². The summed E-state index contributed by atoms with van der Waals surface area (Å²) in [5.41, 5.74) is 7.93. The van der Waals surface area contributed by atoms with Gasteiger partial charge in [0.1, 0.15) is 0 Å². The van der Waals surface area contributed by atoms with Gasteiger partial charge in [-0.15, -0.1) is 0 Å². The molecule has 0 fully saturated rings. The normalized spacial score (nSPS) is 12.2. The van der Waals surface area contributed by atoms with Gasteiger partial charge in [-0.3, -0.25) is 4.79 Å². The number of halogens is 1. The van der Waals surface area contributed by atoms with E-state index in [9.17, 15) is 4.79 Å². The van der Waals surface area contributed by atoms with E-state index in [1.165, 1.54) is 7.11 Å². The highest BCUT2D eigenvalue weighted by Crippen LogP contribution is 2.27. The third kappa shape index (κ3) is 3.06. The average molecular weight is 286 g/mol. The van der Waals surface area contributed by atoms with Gasteiger partial charge in [0.15, 0.2) is 0 Å². The lowest BCUT2D eigenvalue weighted by Gasteiger charge is -2.17. The van der Waals surface area contributed by atoms with Crippen LogP contribution in [-0.4, -0.2) is 19.6 Å². The van der Waals surface area contributed by atoms with Gasteiger partial charge in [-0.25, -0.2) is 0 Å². The summed E-state index contributed by atoms with van der Waals surface area (Å²) in [6, 6.07) is 5.93. The fourth-order valence-electron chi connectivity index (χ4n) is 1.67. The Labute approximate surface area is 104 Å². The number of rotatable bonds is 4. The van der Waals surface area contributed by atoms with Gasteiger partial charge in [0.05, 0.1) is 13.5 Å². The van der Waals surface area contributed by atoms with Crippen molar-refractivity contribution in [2.45, 2.75) is 19.3 Å². The lowest BCUT2D eigenvalue weighted by Crippen LogP contribution is -2.18. The molecule has 0 aromatic heterocycles. The van der Waals surface area contributed by atoms with Crippen molar-refractivity contribution < 1.29 is 9.53 Å². The Kier molecular flexibility index (Phi) is 4.96. The lowest BCUT2D eigenvalue weighted by molar-refractivity contribution is -0.141. The van der Waals surface area contributed by atoms with Gasteiger partial charge >= 0.3 is 5.97 Å². The molecule has 1 atom stereocenters. The number of hydrogen-bond acceptors (Lipinski definition) is 3. The fourth-order valence-corrected chi connectivity index (χ4v) is 2.05. The highest BCUT2D eigenvalue weighted by molar-refractivity contribution is 9.10. The highest BCUT2D eigenvalue weighted by atomic mass is 79.9. The number of hydrogen-bond donors (Lipinski definition) is 1. The second kappa shape index (κ2) is 6.01. The summed E-state index contributed by atoms with van der Waals surface area (Å²) in [5, 5.41) is 0. The Balaban J connectivity index is 2.95. The molecule has 16 heavy (non-hydrogen) atoms. The van der Waals surface area contributed by atoms with E-state index >= 15 is 0 Å². The predicted octanol–water partition coefficient (Wildman–Crippen LogP) is 2.36. The zero-order valence-electron chi connectivity index (χ0n) is 9.50. The maximum absolute atomic E-state index is 11.3. The fraction of sp³-hybridized carbons (Fsp3) is 0.417. The zero-order valence-corrected chi connectivity index (χ0v) is 11.1. The van der Waals surface area contributed by atoms with Gasteiger partial charge in [-0.2, -0.15) is 0 Å². The highest BCUT2D eigenvalue weighted by Gasteiger charge is 2.17. The van der Waals surface area contributed by atoms with Crippen LogP contribution in [0.4, 0.5) is 0 Å². The van der Waals surface area contributed by atoms with Crippen molar-refractivity contribution in [2.24, 2.45) is 5.73 Å². The molecule has 0 bridgehead atoms. The maximum atomic E-state index is 11.3. The molecule has 2 N–H and O–H groups in total. The maximum Gasteiger partial charge on any atom is 0.306 e. The summed E-state index contributed by atoms with van der Waals surface area (Å²) in [5.74, 6) is -0.209. The summed E-state index contributed by atoms with van der Waals surface area (Å²) in [6.45, 7) is 2.45. The number of ether oxygens (including phenoxy) is 1. The molecule has 0 aliphatic heterocycles. The number of carbonyl (C=O) groups excluding carboxylic acids is 1. The van der Waals surface area contributed by atoms with Crippen LogP contribution in [0.5, 0.6) is 0 Å². The Bertz CT molecular complexity index is 379. The van der Waals surface area contributed by atoms with Crippen LogP contribution in [0, 0.1) is 6.92 Å². The molecule has 0 amide bonds. The van der Waals surface area contributed by atoms with Crippen LogP contribution in [0.2, 0.25) is 0 Å². The largest absolute Gasteiger partial charge is 0.469 e. The second-order valence-electron chi connectivity index (χ2n) is 3.67. The molecule has 88 valence electrons. The average Bonchev–Trinajstić information content (AvgIpc) is 2.29. The number of esters is 1. The van der Waals surface area contributed by atoms with Gasteiger partial charge in [0.2, 0.25) is 0 Å². The van der Waals surface area contributed by atoms with E-state index in [0.29, 0.717) is 13.0 Å². The molecule has 1 rings (SSSR count). The molecule has 1 aromatic carbocycles. The Hall–Kier alpha value is -0.870. The summed E-state index contributed by atoms with van der Waals surface area (Å²) in [7, 11) is 1.39. The van der Waals surface area contributed by atoms with Crippen LogP contribution in [0.15, 0.2) is 22.7 Å². The number of benzene rings is 1. The summed E-state index contributed by atoms with van der Waals surface area (Å²) >= 11 is 3.47. The quantitative estimate of drug-likeness (QED) is 0.864. The van der Waals surface area contributed by atoms with Crippen LogP contribution >= 0.6 is 15.9 Å². The smallest absolute Gasteiger partial charge is 0.306 e. The van der Waals surface area contributed by atoms with Gasteiger partial charge in [0.25, 0.3) is 0 Å². The van der Waals surface area contributed by atoms with Crippen molar-refractivity contribution in [2.75, 3.05) is 13.7 Å². The number of carbonyl (C=O) groups is 1. The first-order valence-electron chi connectivity index (χ1n) is 5.12. The summed E-state index contributed by atoms with van der Waals surface area (Å²) in [4.78, 5) is 11.3. The van der Waals surface area contributed by atoms with Crippen molar-refractivity contribution in [3.63, 3.8) is 0 Å². The van der Waals surface area contributed by atoms with Crippen molar-refractivity contribution in [1.82, 2.24) is 0 Å². The van der Waals surface area contributed by atoms with Crippen LogP contribution in [-0.2, 0) is 9.53 Å². The van der Waals surface area contributed by atoms with E-state index in [0.717, 1.165) is 15.6 Å². The summed E-state index contributed by atoms with van der Waals surface area (Å²) in [6.07, 6.45) is 0.324. The molecule has 0 aliphatic carbocycles. The van der Waals surface area contributed by atoms with Crippen molar-refractivity contribution >= 4 is 21.9 Å². The number of nitrogens with two attached hydrogens (primary N) is 1. The van der Waals surface area contributed by atoms with E-state index in [4.69, 9.17) is 5.73 Å². The summed E-state index contributed by atoms with van der Waals surface area (Å²) < 4.78 is 5.70. The third-order valence-electron chi connectivity index (χ3n) is 2.67. The topological polar surface area (TPSA) is 52.3 Å². The van der Waals surface area contributed by atoms with Crippen molar-refractivity contribution in [3.05, 3.63) is 33.8 Å². The van der Waals surface area contributed by atoms with Gasteiger partial charge < -0.3 is 10.5 Å². The van der Waals surface area contributed by atoms with E-state index in [-0.39, 0.29) is 11.9 Å². The van der Waals surface area contributed by atoms with Gasteiger partial charge in [0, 0.05) is 10.4 Å². The molecule has 0 aliphatic rings. The van der Waals surface area contributed by atoms with E-state index in [2.05, 4.69) is 20.7 Å². The SMILES string of the molecule is COC(=O)CC(CN)c1cccc(Br)c1C. The molecule has 0 spiro atoms. The van der Waals surface area contributed by atoms with E-state index in [1.54, 1.807) is 0 Å². The first-order valence-corrected chi connectivity index (χ1v) is 5.91. The van der Waals surface area contributed by atoms with Crippen molar-refractivity contribution in [3.8, 4) is 0 Å². The van der Waals surface area contributed by atoms with E-state index < -0.39 is 0 Å². The molecule has 0 heterocycles. The molecule has 4 heteroatoms.